The lowest BCUT2D eigenvalue weighted by Crippen LogP contribution is -2.04. The molecule has 216 valence electrons. The molecule has 46 heavy (non-hydrogen) atoms. The third kappa shape index (κ3) is 3.72. The second kappa shape index (κ2) is 9.71. The van der Waals surface area contributed by atoms with Crippen molar-refractivity contribution in [2.45, 2.75) is 12.8 Å². The molecule has 0 aliphatic heterocycles. The lowest BCUT2D eigenvalue weighted by Gasteiger charge is -2.18. The van der Waals surface area contributed by atoms with Crippen LogP contribution in [-0.2, 0) is 6.42 Å². The van der Waals surface area contributed by atoms with Crippen molar-refractivity contribution in [3.05, 3.63) is 132 Å². The SMILES string of the molecule is C1=Cc2c(-c3nc(-c4cccc5c4oc4ccccc45)nc(-c4cccc5oc6ccccc6c45)n3)cc3ccccc3c2CC1. The first-order valence-electron chi connectivity index (χ1n) is 15.6. The molecule has 0 saturated carbocycles. The molecule has 3 aromatic heterocycles. The van der Waals surface area contributed by atoms with Crippen LogP contribution in [-0.4, -0.2) is 15.0 Å². The minimum Gasteiger partial charge on any atom is -0.456 e. The van der Waals surface area contributed by atoms with E-state index in [4.69, 9.17) is 23.8 Å². The minimum atomic E-state index is 0.566. The standard InChI is InChI=1S/C41H25N3O2/c1-2-12-25-24(11-1)23-33(27-14-4-3-13-26(25)27)41-43-39(31-18-10-22-36-37(31)30-16-6-8-21-35(30)45-36)42-40(44-41)32-19-9-17-29-28-15-5-7-20-34(28)46-38(29)32/h1-2,4-12,14-23H,3,13H2. The highest BCUT2D eigenvalue weighted by Crippen LogP contribution is 2.40. The average Bonchev–Trinajstić information content (AvgIpc) is 3.70. The number of furan rings is 2. The van der Waals surface area contributed by atoms with Gasteiger partial charge in [-0.1, -0.05) is 97.1 Å². The second-order valence-electron chi connectivity index (χ2n) is 11.8. The highest BCUT2D eigenvalue weighted by molar-refractivity contribution is 6.12. The number of benzene rings is 6. The quantitative estimate of drug-likeness (QED) is 0.204. The van der Waals surface area contributed by atoms with Crippen LogP contribution in [0.4, 0.5) is 0 Å². The highest BCUT2D eigenvalue weighted by atomic mass is 16.3. The number of fused-ring (bicyclic) bond motifs is 9. The molecule has 0 amide bonds. The van der Waals surface area contributed by atoms with E-state index in [0.29, 0.717) is 17.5 Å². The predicted molar refractivity (Wildman–Crippen MR) is 186 cm³/mol. The van der Waals surface area contributed by atoms with Gasteiger partial charge in [0.05, 0.1) is 5.56 Å². The van der Waals surface area contributed by atoms with E-state index in [0.717, 1.165) is 73.4 Å². The summed E-state index contributed by atoms with van der Waals surface area (Å²) in [4.78, 5) is 15.7. The number of nitrogens with zero attached hydrogens (tertiary/aromatic N) is 3. The van der Waals surface area contributed by atoms with Gasteiger partial charge in [0, 0.05) is 32.7 Å². The molecule has 0 saturated heterocycles. The molecule has 10 rings (SSSR count). The van der Waals surface area contributed by atoms with Gasteiger partial charge in [0.1, 0.15) is 22.3 Å². The van der Waals surface area contributed by atoms with Crippen LogP contribution in [0.3, 0.4) is 0 Å². The van der Waals surface area contributed by atoms with E-state index >= 15 is 0 Å². The van der Waals surface area contributed by atoms with Gasteiger partial charge >= 0.3 is 0 Å². The molecular weight excluding hydrogens is 566 g/mol. The Balaban J connectivity index is 1.31. The van der Waals surface area contributed by atoms with Crippen LogP contribution in [0.2, 0.25) is 0 Å². The maximum absolute atomic E-state index is 6.47. The van der Waals surface area contributed by atoms with Crippen LogP contribution in [0.1, 0.15) is 17.5 Å². The summed E-state index contributed by atoms with van der Waals surface area (Å²) in [6.45, 7) is 0. The monoisotopic (exact) mass is 591 g/mol. The largest absolute Gasteiger partial charge is 0.456 e. The highest BCUT2D eigenvalue weighted by Gasteiger charge is 2.23. The Morgan fingerprint density at radius 3 is 2.00 bits per heavy atom. The van der Waals surface area contributed by atoms with E-state index in [2.05, 4.69) is 66.7 Å². The summed E-state index contributed by atoms with van der Waals surface area (Å²) < 4.78 is 12.7. The molecule has 0 atom stereocenters. The third-order valence-electron chi connectivity index (χ3n) is 9.21. The zero-order valence-corrected chi connectivity index (χ0v) is 24.7. The minimum absolute atomic E-state index is 0.566. The van der Waals surface area contributed by atoms with Gasteiger partial charge in [-0.25, -0.2) is 15.0 Å². The first-order valence-corrected chi connectivity index (χ1v) is 15.6. The van der Waals surface area contributed by atoms with E-state index in [-0.39, 0.29) is 0 Å². The average molecular weight is 592 g/mol. The number of hydrogen-bond donors (Lipinski definition) is 0. The predicted octanol–water partition coefficient (Wildman–Crippen LogP) is 10.8. The number of allylic oxidation sites excluding steroid dienone is 1. The fourth-order valence-electron chi connectivity index (χ4n) is 7.13. The molecule has 0 spiro atoms. The van der Waals surface area contributed by atoms with Crippen LogP contribution >= 0.6 is 0 Å². The van der Waals surface area contributed by atoms with Crippen LogP contribution < -0.4 is 0 Å². The maximum Gasteiger partial charge on any atom is 0.167 e. The summed E-state index contributed by atoms with van der Waals surface area (Å²) in [6, 6.07) is 39.3. The Morgan fingerprint density at radius 1 is 0.500 bits per heavy atom. The molecule has 0 unspecified atom stereocenters. The summed E-state index contributed by atoms with van der Waals surface area (Å²) >= 11 is 0. The van der Waals surface area contributed by atoms with Crippen molar-refractivity contribution < 1.29 is 8.83 Å². The summed E-state index contributed by atoms with van der Waals surface area (Å²) in [5.41, 5.74) is 8.45. The van der Waals surface area contributed by atoms with Crippen molar-refractivity contribution in [3.8, 4) is 34.2 Å². The van der Waals surface area contributed by atoms with Gasteiger partial charge in [0.15, 0.2) is 17.5 Å². The van der Waals surface area contributed by atoms with E-state index in [1.807, 2.05) is 60.7 Å². The van der Waals surface area contributed by atoms with Gasteiger partial charge in [0.25, 0.3) is 0 Å². The molecule has 6 aromatic carbocycles. The van der Waals surface area contributed by atoms with Crippen LogP contribution in [0, 0.1) is 0 Å². The van der Waals surface area contributed by atoms with E-state index < -0.39 is 0 Å². The van der Waals surface area contributed by atoms with Crippen molar-refractivity contribution in [1.82, 2.24) is 15.0 Å². The van der Waals surface area contributed by atoms with Gasteiger partial charge < -0.3 is 8.83 Å². The molecule has 0 radical (unpaired) electrons. The molecular formula is C41H25N3O2. The van der Waals surface area contributed by atoms with Crippen LogP contribution in [0.25, 0.3) is 94.9 Å². The Kier molecular flexibility index (Phi) is 5.34. The van der Waals surface area contributed by atoms with Crippen molar-refractivity contribution in [3.63, 3.8) is 0 Å². The zero-order valence-electron chi connectivity index (χ0n) is 24.7. The molecule has 5 heteroatoms. The Bertz CT molecular complexity index is 2710. The van der Waals surface area contributed by atoms with Gasteiger partial charge in [-0.2, -0.15) is 0 Å². The number of aromatic nitrogens is 3. The van der Waals surface area contributed by atoms with Crippen LogP contribution in [0.15, 0.2) is 130 Å². The van der Waals surface area contributed by atoms with Crippen molar-refractivity contribution in [2.24, 2.45) is 0 Å². The topological polar surface area (TPSA) is 65.0 Å². The normalized spacial score (nSPS) is 13.0. The number of rotatable bonds is 3. The van der Waals surface area contributed by atoms with Crippen LogP contribution in [0.5, 0.6) is 0 Å². The van der Waals surface area contributed by atoms with Crippen molar-refractivity contribution >= 4 is 60.7 Å². The van der Waals surface area contributed by atoms with E-state index in [9.17, 15) is 0 Å². The Labute approximate surface area is 263 Å². The zero-order chi connectivity index (χ0) is 30.2. The molecule has 0 N–H and O–H groups in total. The van der Waals surface area contributed by atoms with Gasteiger partial charge in [-0.05, 0) is 65.1 Å². The molecule has 1 aliphatic rings. The number of para-hydroxylation sites is 3. The van der Waals surface area contributed by atoms with E-state index in [1.54, 1.807) is 0 Å². The molecule has 3 heterocycles. The fraction of sp³-hybridized carbons (Fsp3) is 0.0488. The fourth-order valence-corrected chi connectivity index (χ4v) is 7.13. The Morgan fingerprint density at radius 2 is 1.13 bits per heavy atom. The van der Waals surface area contributed by atoms with E-state index in [1.165, 1.54) is 21.9 Å². The first-order chi connectivity index (χ1) is 22.8. The molecule has 0 fully saturated rings. The van der Waals surface area contributed by atoms with Gasteiger partial charge in [0.2, 0.25) is 0 Å². The maximum atomic E-state index is 6.47. The Hall–Kier alpha value is -6.07. The number of aryl methyl sites for hydroxylation is 1. The first kappa shape index (κ1) is 25.3. The second-order valence-corrected chi connectivity index (χ2v) is 11.8. The summed E-state index contributed by atoms with van der Waals surface area (Å²) in [5, 5.41) is 6.58. The number of hydrogen-bond acceptors (Lipinski definition) is 5. The lowest BCUT2D eigenvalue weighted by molar-refractivity contribution is 0.668. The summed E-state index contributed by atoms with van der Waals surface area (Å²) in [5.74, 6) is 1.79. The van der Waals surface area contributed by atoms with Crippen molar-refractivity contribution in [1.29, 1.82) is 0 Å². The third-order valence-corrected chi connectivity index (χ3v) is 9.21. The molecule has 1 aliphatic carbocycles. The molecule has 5 nitrogen and oxygen atoms in total. The van der Waals surface area contributed by atoms with Crippen molar-refractivity contribution in [2.75, 3.05) is 0 Å². The smallest absolute Gasteiger partial charge is 0.167 e. The summed E-state index contributed by atoms with van der Waals surface area (Å²) in [6.07, 6.45) is 6.46. The lowest BCUT2D eigenvalue weighted by atomic mass is 9.88. The van der Waals surface area contributed by atoms with Gasteiger partial charge in [-0.3, -0.25) is 0 Å². The van der Waals surface area contributed by atoms with Gasteiger partial charge in [-0.15, -0.1) is 0 Å². The molecule has 0 bridgehead atoms. The summed E-state index contributed by atoms with van der Waals surface area (Å²) in [7, 11) is 0. The molecule has 9 aromatic rings.